The van der Waals surface area contributed by atoms with Crippen LogP contribution in [0.2, 0.25) is 0 Å². The number of ether oxygens (including phenoxy) is 2. The highest BCUT2D eigenvalue weighted by Crippen LogP contribution is 2.29. The van der Waals surface area contributed by atoms with Gasteiger partial charge in [-0.05, 0) is 51.2 Å². The first-order chi connectivity index (χ1) is 14.1. The molecule has 0 aliphatic carbocycles. The van der Waals surface area contributed by atoms with Crippen LogP contribution in [0.5, 0.6) is 5.75 Å². The second-order valence-electron chi connectivity index (χ2n) is 7.25. The summed E-state index contributed by atoms with van der Waals surface area (Å²) in [6.45, 7) is 6.22. The molecule has 2 N–H and O–H groups in total. The predicted molar refractivity (Wildman–Crippen MR) is 116 cm³/mol. The lowest BCUT2D eigenvalue weighted by molar-refractivity contribution is -0.116. The Balaban J connectivity index is 0.00000204. The smallest absolute Gasteiger partial charge is 0.130 e. The van der Waals surface area contributed by atoms with Gasteiger partial charge in [-0.1, -0.05) is 44.2 Å². The lowest BCUT2D eigenvalue weighted by Gasteiger charge is -2.21. The minimum atomic E-state index is -0.557. The molecule has 0 spiro atoms. The number of carbonyl (C=O) groups is 1. The van der Waals surface area contributed by atoms with E-state index in [1.54, 1.807) is 6.92 Å². The number of para-hydroxylation sites is 1. The normalized spacial score (nSPS) is 22.2. The van der Waals surface area contributed by atoms with Crippen molar-refractivity contribution < 1.29 is 24.5 Å². The number of allylic oxidation sites excluding steroid dienone is 2. The minimum absolute atomic E-state index is 0.0306. The number of carbonyl (C=O) groups excluding carboxylic acids is 1. The van der Waals surface area contributed by atoms with E-state index in [9.17, 15) is 15.0 Å². The molecule has 1 aromatic carbocycles. The topological polar surface area (TPSA) is 76.0 Å². The molecule has 0 aromatic heterocycles. The maximum absolute atomic E-state index is 10.9. The zero-order valence-corrected chi connectivity index (χ0v) is 18.1. The van der Waals surface area contributed by atoms with E-state index in [-0.39, 0.29) is 24.4 Å². The summed E-state index contributed by atoms with van der Waals surface area (Å²) in [4.78, 5) is 10.9. The quantitative estimate of drug-likeness (QED) is 0.506. The molecule has 5 nitrogen and oxygen atoms in total. The van der Waals surface area contributed by atoms with Gasteiger partial charge in [0.1, 0.15) is 18.1 Å². The van der Waals surface area contributed by atoms with E-state index in [1.807, 2.05) is 50.3 Å². The molecule has 0 amide bonds. The fraction of sp³-hybridized carbons (Fsp3) is 0.625. The van der Waals surface area contributed by atoms with E-state index in [2.05, 4.69) is 6.08 Å². The standard InChI is InChI=1S/C22H32O5.C2H6/c1-17(23)9-5-2-3-8-12-20-21(25)16-27-22(20)14-13-18(24)15-26-19-10-6-4-7-11-19;1-2/h2-4,6-7,10-11,18,20-22,24-25H,5,8-9,12-16H2,1H3;1-2H3/b3-2-;/t18-,20+,21+,22-;/m1./s1. The van der Waals surface area contributed by atoms with Crippen molar-refractivity contribution in [2.45, 2.75) is 77.6 Å². The molecule has 0 bridgehead atoms. The van der Waals surface area contributed by atoms with Crippen molar-refractivity contribution in [2.24, 2.45) is 5.92 Å². The van der Waals surface area contributed by atoms with Crippen molar-refractivity contribution in [3.05, 3.63) is 42.5 Å². The molecule has 0 saturated carbocycles. The Morgan fingerprint density at radius 1 is 1.21 bits per heavy atom. The molecule has 4 atom stereocenters. The van der Waals surface area contributed by atoms with Gasteiger partial charge in [-0.25, -0.2) is 0 Å². The summed E-state index contributed by atoms with van der Waals surface area (Å²) < 4.78 is 11.3. The van der Waals surface area contributed by atoms with Crippen molar-refractivity contribution in [1.29, 1.82) is 0 Å². The van der Waals surface area contributed by atoms with E-state index < -0.39 is 12.2 Å². The lowest BCUT2D eigenvalue weighted by Crippen LogP contribution is -2.26. The summed E-state index contributed by atoms with van der Waals surface area (Å²) in [5.41, 5.74) is 0. The number of hydrogen-bond acceptors (Lipinski definition) is 5. The highest BCUT2D eigenvalue weighted by atomic mass is 16.5. The largest absolute Gasteiger partial charge is 0.491 e. The highest BCUT2D eigenvalue weighted by Gasteiger charge is 2.35. The van der Waals surface area contributed by atoms with Gasteiger partial charge in [0, 0.05) is 12.3 Å². The van der Waals surface area contributed by atoms with Gasteiger partial charge in [-0.2, -0.15) is 0 Å². The molecule has 1 aromatic rings. The molecule has 1 saturated heterocycles. The Labute approximate surface area is 175 Å². The van der Waals surface area contributed by atoms with Crippen LogP contribution in [-0.4, -0.2) is 47.5 Å². The Morgan fingerprint density at radius 3 is 2.59 bits per heavy atom. The predicted octanol–water partition coefficient (Wildman–Crippen LogP) is 4.31. The molecule has 5 heteroatoms. The molecule has 2 rings (SSSR count). The van der Waals surface area contributed by atoms with Crippen molar-refractivity contribution in [2.75, 3.05) is 13.2 Å². The molecule has 0 unspecified atom stereocenters. The zero-order valence-electron chi connectivity index (χ0n) is 18.1. The first kappa shape index (κ1) is 25.3. The molecule has 29 heavy (non-hydrogen) atoms. The van der Waals surface area contributed by atoms with Crippen LogP contribution in [0.15, 0.2) is 42.5 Å². The Hall–Kier alpha value is -1.69. The fourth-order valence-corrected chi connectivity index (χ4v) is 3.35. The summed E-state index contributed by atoms with van der Waals surface area (Å²) in [5, 5.41) is 20.3. The highest BCUT2D eigenvalue weighted by molar-refractivity contribution is 5.75. The van der Waals surface area contributed by atoms with Crippen LogP contribution in [0, 0.1) is 5.92 Å². The second kappa shape index (κ2) is 15.2. The average molecular weight is 407 g/mol. The summed E-state index contributed by atoms with van der Waals surface area (Å²) in [6.07, 6.45) is 7.42. The van der Waals surface area contributed by atoms with Crippen molar-refractivity contribution >= 4 is 5.78 Å². The number of rotatable bonds is 12. The molecule has 1 heterocycles. The Bertz CT molecular complexity index is 572. The average Bonchev–Trinajstić information content (AvgIpc) is 3.09. The van der Waals surface area contributed by atoms with Gasteiger partial charge in [-0.15, -0.1) is 0 Å². The first-order valence-electron chi connectivity index (χ1n) is 10.9. The number of aliphatic hydroxyl groups is 2. The van der Waals surface area contributed by atoms with Crippen molar-refractivity contribution in [1.82, 2.24) is 0 Å². The third-order valence-corrected chi connectivity index (χ3v) is 4.92. The fourth-order valence-electron chi connectivity index (χ4n) is 3.35. The van der Waals surface area contributed by atoms with E-state index in [0.29, 0.717) is 25.9 Å². The minimum Gasteiger partial charge on any atom is -0.491 e. The van der Waals surface area contributed by atoms with Crippen LogP contribution in [0.1, 0.15) is 59.3 Å². The number of Topliss-reactive ketones (excluding diaryl/α,β-unsaturated/α-hetero) is 1. The molecule has 1 aliphatic rings. The van der Waals surface area contributed by atoms with Crippen LogP contribution in [0.4, 0.5) is 0 Å². The molecule has 0 radical (unpaired) electrons. The van der Waals surface area contributed by atoms with Crippen molar-refractivity contribution in [3.63, 3.8) is 0 Å². The SMILES string of the molecule is CC.CC(=O)CC/C=C\CC[C@H]1[C@@H](O)CO[C@@H]1CC[C@@H](O)COc1ccccc1. The second-order valence-corrected chi connectivity index (χ2v) is 7.25. The van der Waals surface area contributed by atoms with Gasteiger partial charge < -0.3 is 24.5 Å². The maximum atomic E-state index is 10.9. The summed E-state index contributed by atoms with van der Waals surface area (Å²) in [7, 11) is 0. The van der Waals surface area contributed by atoms with Crippen LogP contribution in [0.25, 0.3) is 0 Å². The van der Waals surface area contributed by atoms with Crippen LogP contribution in [-0.2, 0) is 9.53 Å². The van der Waals surface area contributed by atoms with Gasteiger partial charge >= 0.3 is 0 Å². The summed E-state index contributed by atoms with van der Waals surface area (Å²) in [5.74, 6) is 1.04. The third-order valence-electron chi connectivity index (χ3n) is 4.92. The Morgan fingerprint density at radius 2 is 1.90 bits per heavy atom. The molecule has 1 aliphatic heterocycles. The van der Waals surface area contributed by atoms with Gasteiger partial charge in [0.25, 0.3) is 0 Å². The van der Waals surface area contributed by atoms with Crippen LogP contribution in [0.3, 0.4) is 0 Å². The molecular formula is C24H38O5. The van der Waals surface area contributed by atoms with Gasteiger partial charge in [0.15, 0.2) is 0 Å². The lowest BCUT2D eigenvalue weighted by atomic mass is 9.90. The summed E-state index contributed by atoms with van der Waals surface area (Å²) in [6, 6.07) is 9.44. The summed E-state index contributed by atoms with van der Waals surface area (Å²) >= 11 is 0. The molecular weight excluding hydrogens is 368 g/mol. The number of ketones is 1. The first-order valence-corrected chi connectivity index (χ1v) is 10.9. The van der Waals surface area contributed by atoms with Crippen molar-refractivity contribution in [3.8, 4) is 5.75 Å². The third kappa shape index (κ3) is 10.6. The molecule has 164 valence electrons. The monoisotopic (exact) mass is 406 g/mol. The molecule has 1 fully saturated rings. The maximum Gasteiger partial charge on any atom is 0.130 e. The van der Waals surface area contributed by atoms with Gasteiger partial charge in [-0.3, -0.25) is 0 Å². The van der Waals surface area contributed by atoms with Gasteiger partial charge in [0.05, 0.1) is 24.9 Å². The zero-order chi connectivity index (χ0) is 21.5. The van der Waals surface area contributed by atoms with E-state index >= 15 is 0 Å². The van der Waals surface area contributed by atoms with E-state index in [1.165, 1.54) is 0 Å². The van der Waals surface area contributed by atoms with Crippen LogP contribution >= 0.6 is 0 Å². The van der Waals surface area contributed by atoms with E-state index in [0.717, 1.165) is 25.0 Å². The van der Waals surface area contributed by atoms with Gasteiger partial charge in [0.2, 0.25) is 0 Å². The van der Waals surface area contributed by atoms with E-state index in [4.69, 9.17) is 9.47 Å². The number of hydrogen-bond donors (Lipinski definition) is 2. The number of benzene rings is 1. The Kier molecular flexibility index (Phi) is 13.3. The number of aliphatic hydroxyl groups excluding tert-OH is 2. The van der Waals surface area contributed by atoms with Crippen LogP contribution < -0.4 is 4.74 Å².